The first-order valence-corrected chi connectivity index (χ1v) is 11.5. The fraction of sp³-hybridized carbons (Fsp3) is 0.421. The minimum Gasteiger partial charge on any atom is -0.367 e. The van der Waals surface area contributed by atoms with E-state index >= 15 is 0 Å². The normalized spacial score (nSPS) is 18.7. The van der Waals surface area contributed by atoms with Gasteiger partial charge in [0.1, 0.15) is 29.3 Å². The van der Waals surface area contributed by atoms with Crippen molar-refractivity contribution in [1.29, 1.82) is 0 Å². The van der Waals surface area contributed by atoms with Crippen LogP contribution in [0.15, 0.2) is 35.4 Å². The van der Waals surface area contributed by atoms with Gasteiger partial charge in [-0.15, -0.1) is 0 Å². The Morgan fingerprint density at radius 2 is 2.25 bits per heavy atom. The molecule has 0 bridgehead atoms. The van der Waals surface area contributed by atoms with E-state index in [0.29, 0.717) is 35.8 Å². The molecule has 0 aromatic carbocycles. The molecule has 0 unspecified atom stereocenters. The maximum absolute atomic E-state index is 13.1. The van der Waals surface area contributed by atoms with Crippen molar-refractivity contribution >= 4 is 21.9 Å². The summed E-state index contributed by atoms with van der Waals surface area (Å²) in [6, 6.07) is 3.44. The van der Waals surface area contributed by atoms with E-state index in [1.807, 2.05) is 0 Å². The number of hydrogen-bond donors (Lipinski definition) is 2. The van der Waals surface area contributed by atoms with E-state index in [0.717, 1.165) is 12.8 Å². The number of nitrogens with zero attached hydrogens (tertiary/aromatic N) is 5. The fourth-order valence-corrected chi connectivity index (χ4v) is 4.10. The summed E-state index contributed by atoms with van der Waals surface area (Å²) < 4.78 is 33.3. The summed E-state index contributed by atoms with van der Waals surface area (Å²) in [5.74, 6) is 0.841. The van der Waals surface area contributed by atoms with Crippen LogP contribution >= 0.6 is 0 Å². The molecule has 1 aliphatic rings. The number of aromatic nitrogens is 5. The van der Waals surface area contributed by atoms with Crippen LogP contribution in [0, 0.1) is 12.8 Å². The van der Waals surface area contributed by atoms with Crippen molar-refractivity contribution < 1.29 is 21.9 Å². The van der Waals surface area contributed by atoms with Gasteiger partial charge in [0.05, 0.1) is 18.7 Å². The molecule has 13 heteroatoms. The molecule has 0 radical (unpaired) electrons. The Balaban J connectivity index is 1.42. The molecule has 32 heavy (non-hydrogen) atoms. The van der Waals surface area contributed by atoms with Gasteiger partial charge in [-0.25, -0.2) is 15.1 Å². The summed E-state index contributed by atoms with van der Waals surface area (Å²) in [7, 11) is -3.96. The third kappa shape index (κ3) is 5.55. The van der Waals surface area contributed by atoms with Crippen LogP contribution in [-0.2, 0) is 21.0 Å². The number of carbonyl (C=O) groups is 1. The summed E-state index contributed by atoms with van der Waals surface area (Å²) in [4.78, 5) is 21.3. The Kier molecular flexibility index (Phi) is 6.30. The van der Waals surface area contributed by atoms with E-state index in [1.165, 1.54) is 12.5 Å². The second kappa shape index (κ2) is 9.14. The number of hydrogen-bond acceptors (Lipinski definition) is 10. The number of nitrogens with two attached hydrogens (primary N) is 1. The first-order chi connectivity index (χ1) is 15.3. The summed E-state index contributed by atoms with van der Waals surface area (Å²) in [5, 5.41) is 16.4. The second-order valence-corrected chi connectivity index (χ2v) is 8.96. The summed E-state index contributed by atoms with van der Waals surface area (Å²) >= 11 is 0. The molecule has 2 atom stereocenters. The summed E-state index contributed by atoms with van der Waals surface area (Å²) in [6.07, 6.45) is 6.73. The minimum atomic E-state index is -3.96. The number of anilines is 1. The Labute approximate surface area is 184 Å². The lowest BCUT2D eigenvalue weighted by Crippen LogP contribution is -2.22. The van der Waals surface area contributed by atoms with Crippen LogP contribution in [0.4, 0.5) is 5.82 Å². The van der Waals surface area contributed by atoms with Gasteiger partial charge in [-0.1, -0.05) is 5.16 Å². The van der Waals surface area contributed by atoms with Gasteiger partial charge in [-0.05, 0) is 38.2 Å². The van der Waals surface area contributed by atoms with Crippen molar-refractivity contribution in [1.82, 2.24) is 24.9 Å². The number of rotatable bonds is 9. The largest absolute Gasteiger partial charge is 0.367 e. The highest BCUT2D eigenvalue weighted by Crippen LogP contribution is 2.29. The lowest BCUT2D eigenvalue weighted by molar-refractivity contribution is 0.103. The number of ketones is 1. The van der Waals surface area contributed by atoms with Crippen molar-refractivity contribution in [2.45, 2.75) is 38.8 Å². The topological polar surface area (TPSA) is 168 Å². The van der Waals surface area contributed by atoms with Crippen LogP contribution in [0.2, 0.25) is 0 Å². The molecule has 1 fully saturated rings. The third-order valence-corrected chi connectivity index (χ3v) is 5.65. The molecular formula is C19H23N7O5S. The molecule has 0 amide bonds. The molecule has 3 aromatic rings. The molecule has 1 aliphatic carbocycles. The predicted molar refractivity (Wildman–Crippen MR) is 112 cm³/mol. The first-order valence-electron chi connectivity index (χ1n) is 10.0. The average molecular weight is 462 g/mol. The predicted octanol–water partition coefficient (Wildman–Crippen LogP) is 1.05. The zero-order chi connectivity index (χ0) is 22.7. The van der Waals surface area contributed by atoms with E-state index in [4.69, 9.17) is 13.8 Å². The highest BCUT2D eigenvalue weighted by molar-refractivity contribution is 7.84. The van der Waals surface area contributed by atoms with Gasteiger partial charge in [0.25, 0.3) is 0 Å². The number of carbonyl (C=O) groups excluding carboxylic acids is 1. The molecule has 0 spiro atoms. The van der Waals surface area contributed by atoms with Crippen molar-refractivity contribution in [3.63, 3.8) is 0 Å². The van der Waals surface area contributed by atoms with Gasteiger partial charge in [-0.3, -0.25) is 13.7 Å². The SMILES string of the molecule is Cc1cc(Cn2ccc(C(=O)c3cncnc3N[C@H]3CC[C@@H](COS(N)(=O)=O)C3)n2)no1. The molecule has 3 N–H and O–H groups in total. The molecule has 3 heterocycles. The van der Waals surface area contributed by atoms with Crippen molar-refractivity contribution in [2.75, 3.05) is 11.9 Å². The van der Waals surface area contributed by atoms with Crippen molar-refractivity contribution in [3.05, 3.63) is 53.6 Å². The van der Waals surface area contributed by atoms with Crippen LogP contribution in [0.3, 0.4) is 0 Å². The average Bonchev–Trinajstić information content (AvgIpc) is 3.48. The second-order valence-electron chi connectivity index (χ2n) is 7.74. The van der Waals surface area contributed by atoms with Crippen LogP contribution in [0.25, 0.3) is 0 Å². The van der Waals surface area contributed by atoms with Crippen molar-refractivity contribution in [2.24, 2.45) is 11.1 Å². The zero-order valence-corrected chi connectivity index (χ0v) is 18.2. The Hall–Kier alpha value is -3.16. The summed E-state index contributed by atoms with van der Waals surface area (Å²) in [6.45, 7) is 2.22. The molecule has 4 rings (SSSR count). The lowest BCUT2D eigenvalue weighted by Gasteiger charge is -2.15. The van der Waals surface area contributed by atoms with Gasteiger partial charge in [-0.2, -0.15) is 13.5 Å². The van der Waals surface area contributed by atoms with Crippen LogP contribution in [-0.4, -0.2) is 51.8 Å². The molecular weight excluding hydrogens is 438 g/mol. The summed E-state index contributed by atoms with van der Waals surface area (Å²) in [5.41, 5.74) is 1.27. The van der Waals surface area contributed by atoms with E-state index in [1.54, 1.807) is 29.9 Å². The highest BCUT2D eigenvalue weighted by atomic mass is 32.2. The smallest absolute Gasteiger partial charge is 0.333 e. The Morgan fingerprint density at radius 1 is 1.41 bits per heavy atom. The van der Waals surface area contributed by atoms with Crippen molar-refractivity contribution in [3.8, 4) is 0 Å². The van der Waals surface area contributed by atoms with E-state index < -0.39 is 10.3 Å². The molecule has 1 saturated carbocycles. The molecule has 0 aliphatic heterocycles. The minimum absolute atomic E-state index is 0.0125. The van der Waals surface area contributed by atoms with E-state index in [-0.39, 0.29) is 30.0 Å². The Bertz CT molecular complexity index is 1210. The van der Waals surface area contributed by atoms with Gasteiger partial charge in [0.15, 0.2) is 0 Å². The first kappa shape index (κ1) is 22.0. The van der Waals surface area contributed by atoms with Crippen LogP contribution < -0.4 is 10.5 Å². The van der Waals surface area contributed by atoms with Gasteiger partial charge in [0, 0.05) is 24.5 Å². The van der Waals surface area contributed by atoms with Gasteiger partial charge < -0.3 is 9.84 Å². The lowest BCUT2D eigenvalue weighted by atomic mass is 10.1. The molecule has 0 saturated heterocycles. The zero-order valence-electron chi connectivity index (χ0n) is 17.3. The maximum Gasteiger partial charge on any atom is 0.333 e. The standard InChI is InChI=1S/C19H23N7O5S/c1-12-6-15(25-31-12)9-26-5-4-17(24-26)18(27)16-8-21-11-22-19(16)23-14-3-2-13(7-14)10-30-32(20,28)29/h4-6,8,11,13-14H,2-3,7,9-10H2,1H3,(H2,20,28,29)(H,21,22,23)/t13-,14+/m1/s1. The number of nitrogens with one attached hydrogen (secondary N) is 1. The number of aryl methyl sites for hydroxylation is 1. The Morgan fingerprint density at radius 3 is 3.00 bits per heavy atom. The maximum atomic E-state index is 13.1. The van der Waals surface area contributed by atoms with Crippen LogP contribution in [0.5, 0.6) is 0 Å². The van der Waals surface area contributed by atoms with E-state index in [9.17, 15) is 13.2 Å². The van der Waals surface area contributed by atoms with Gasteiger partial charge >= 0.3 is 10.3 Å². The van der Waals surface area contributed by atoms with Gasteiger partial charge in [0.2, 0.25) is 5.78 Å². The highest BCUT2D eigenvalue weighted by Gasteiger charge is 2.28. The molecule has 170 valence electrons. The third-order valence-electron chi connectivity index (χ3n) is 5.18. The molecule has 12 nitrogen and oxygen atoms in total. The molecule has 3 aromatic heterocycles. The monoisotopic (exact) mass is 461 g/mol. The van der Waals surface area contributed by atoms with E-state index in [2.05, 4.69) is 25.5 Å². The quantitative estimate of drug-likeness (QED) is 0.439. The van der Waals surface area contributed by atoms with Crippen LogP contribution in [0.1, 0.15) is 46.8 Å². The fourth-order valence-electron chi connectivity index (χ4n) is 3.72.